The molecule has 2 rings (SSSR count). The highest BCUT2D eigenvalue weighted by atomic mass is 32.2. The molecule has 0 saturated carbocycles. The molecule has 0 amide bonds. The summed E-state index contributed by atoms with van der Waals surface area (Å²) in [5.41, 5.74) is 0.914. The van der Waals surface area contributed by atoms with Crippen LogP contribution < -0.4 is 0 Å². The van der Waals surface area contributed by atoms with E-state index in [9.17, 15) is 9.59 Å². The number of thioether (sulfide) groups is 1. The van der Waals surface area contributed by atoms with Gasteiger partial charge in [-0.25, -0.2) is 14.6 Å². The summed E-state index contributed by atoms with van der Waals surface area (Å²) in [4.78, 5) is 28.4. The van der Waals surface area contributed by atoms with Crippen LogP contribution in [0.4, 0.5) is 9.59 Å². The van der Waals surface area contributed by atoms with Crippen molar-refractivity contribution in [3.05, 3.63) is 24.3 Å². The first-order valence-corrected chi connectivity index (χ1v) is 7.29. The quantitative estimate of drug-likeness (QED) is 0.307. The van der Waals surface area contributed by atoms with E-state index in [2.05, 4.69) is 14.7 Å². The highest BCUT2D eigenvalue weighted by Crippen LogP contribution is 2.27. The number of benzene rings is 1. The number of nitrogens with zero attached hydrogens (tertiary/aromatic N) is 1. The van der Waals surface area contributed by atoms with Crippen LogP contribution in [0.2, 0.25) is 0 Å². The van der Waals surface area contributed by atoms with E-state index in [1.54, 1.807) is 0 Å². The largest absolute Gasteiger partial charge is 0.506 e. The Balaban J connectivity index is 1.95. The summed E-state index contributed by atoms with van der Waals surface area (Å²) in [6.45, 7) is -0.0184. The molecule has 0 fully saturated rings. The molecule has 0 saturated heterocycles. The number of aromatic nitrogens is 2. The lowest BCUT2D eigenvalue weighted by molar-refractivity contribution is 0.0690. The van der Waals surface area contributed by atoms with Gasteiger partial charge >= 0.3 is 12.3 Å². The van der Waals surface area contributed by atoms with Gasteiger partial charge in [-0.05, 0) is 36.7 Å². The van der Waals surface area contributed by atoms with Crippen LogP contribution in [0, 0.1) is 0 Å². The third-order valence-corrected chi connectivity index (χ3v) is 3.66. The summed E-state index contributed by atoms with van der Waals surface area (Å²) >= 11 is 1.13. The molecule has 0 bridgehead atoms. The first-order chi connectivity index (χ1) is 10.5. The van der Waals surface area contributed by atoms with E-state index in [-0.39, 0.29) is 6.61 Å². The smallest absolute Gasteiger partial charge is 0.450 e. The Morgan fingerprint density at radius 3 is 2.73 bits per heavy atom. The van der Waals surface area contributed by atoms with Gasteiger partial charge in [0, 0.05) is 0 Å². The molecule has 1 aromatic carbocycles. The van der Waals surface area contributed by atoms with Crippen LogP contribution in [-0.2, 0) is 9.47 Å². The van der Waals surface area contributed by atoms with E-state index in [1.165, 1.54) is 0 Å². The number of carboxylic acid groups (broad SMARTS) is 2. The summed E-state index contributed by atoms with van der Waals surface area (Å²) in [6, 6.07) is 7.42. The molecule has 0 radical (unpaired) electrons. The zero-order chi connectivity index (χ0) is 15.9. The van der Waals surface area contributed by atoms with Crippen LogP contribution in [-0.4, -0.2) is 44.5 Å². The molecule has 9 heteroatoms. The molecule has 3 N–H and O–H groups in total. The second-order valence-electron chi connectivity index (χ2n) is 4.25. The Hall–Kier alpha value is -2.42. The van der Waals surface area contributed by atoms with Gasteiger partial charge in [-0.1, -0.05) is 12.1 Å². The fourth-order valence-electron chi connectivity index (χ4n) is 1.77. The van der Waals surface area contributed by atoms with Crippen molar-refractivity contribution in [1.82, 2.24) is 9.97 Å². The lowest BCUT2D eigenvalue weighted by atomic mass is 10.3. The van der Waals surface area contributed by atoms with Crippen molar-refractivity contribution in [3.63, 3.8) is 0 Å². The number of imidazole rings is 1. The first kappa shape index (κ1) is 16.0. The number of ether oxygens (including phenoxy) is 2. The van der Waals surface area contributed by atoms with Gasteiger partial charge in [0.2, 0.25) is 0 Å². The van der Waals surface area contributed by atoms with Gasteiger partial charge in [0.15, 0.2) is 10.6 Å². The number of hydrogen-bond donors (Lipinski definition) is 3. The number of nitrogens with one attached hydrogen (secondary N) is 1. The number of carbonyl (C=O) groups is 2. The number of H-pyrrole nitrogens is 1. The van der Waals surface area contributed by atoms with Crippen molar-refractivity contribution in [2.75, 3.05) is 6.61 Å². The molecule has 8 nitrogen and oxygen atoms in total. The normalized spacial score (nSPS) is 12.0. The molecule has 2 aromatic rings. The minimum absolute atomic E-state index is 0.0184. The Morgan fingerprint density at radius 2 is 2.05 bits per heavy atom. The van der Waals surface area contributed by atoms with E-state index in [1.807, 2.05) is 24.3 Å². The van der Waals surface area contributed by atoms with Crippen LogP contribution in [0.1, 0.15) is 12.8 Å². The second-order valence-corrected chi connectivity index (χ2v) is 5.40. The van der Waals surface area contributed by atoms with Crippen molar-refractivity contribution in [2.24, 2.45) is 0 Å². The van der Waals surface area contributed by atoms with Gasteiger partial charge in [0.05, 0.1) is 17.6 Å². The number of hydrogen-bond acceptors (Lipinski definition) is 6. The van der Waals surface area contributed by atoms with Crippen LogP contribution in [0.15, 0.2) is 29.4 Å². The number of fused-ring (bicyclic) bond motifs is 1. The molecule has 1 aromatic heterocycles. The number of rotatable bonds is 7. The third-order valence-electron chi connectivity index (χ3n) is 2.65. The van der Waals surface area contributed by atoms with E-state index in [0.29, 0.717) is 18.0 Å². The average molecular weight is 326 g/mol. The van der Waals surface area contributed by atoms with Gasteiger partial charge in [0.1, 0.15) is 0 Å². The topological polar surface area (TPSA) is 122 Å². The molecule has 22 heavy (non-hydrogen) atoms. The molecular formula is C13H14N2O6S. The third kappa shape index (κ3) is 4.85. The minimum Gasteiger partial charge on any atom is -0.450 e. The second kappa shape index (κ2) is 7.55. The maximum atomic E-state index is 10.7. The maximum absolute atomic E-state index is 10.7. The predicted octanol–water partition coefficient (Wildman–Crippen LogP) is 3.15. The Labute approximate surface area is 129 Å². The van der Waals surface area contributed by atoms with Gasteiger partial charge in [-0.3, -0.25) is 0 Å². The van der Waals surface area contributed by atoms with Crippen molar-refractivity contribution in [1.29, 1.82) is 0 Å². The van der Waals surface area contributed by atoms with Gasteiger partial charge in [-0.2, -0.15) is 0 Å². The summed E-state index contributed by atoms with van der Waals surface area (Å²) in [6.07, 6.45) is -2.10. The summed E-state index contributed by atoms with van der Waals surface area (Å²) in [5.74, 6) is 0. The highest BCUT2D eigenvalue weighted by molar-refractivity contribution is 7.99. The number of para-hydroxylation sites is 2. The summed E-state index contributed by atoms with van der Waals surface area (Å²) in [7, 11) is 0. The SMILES string of the molecule is O=C(O)OCCCC(OC(=O)O)Sc1nc2ccccc2[nH]1. The molecule has 1 heterocycles. The van der Waals surface area contributed by atoms with Gasteiger partial charge in [0.25, 0.3) is 0 Å². The molecule has 1 unspecified atom stereocenters. The first-order valence-electron chi connectivity index (χ1n) is 6.41. The zero-order valence-corrected chi connectivity index (χ0v) is 12.2. The standard InChI is InChI=1S/C13H14N2O6S/c16-12(17)20-7-3-6-10(21-13(18)19)22-11-14-8-4-1-2-5-9(8)15-11/h1-2,4-5,10H,3,6-7H2,(H,14,15)(H,16,17)(H,18,19). The van der Waals surface area contributed by atoms with E-state index in [0.717, 1.165) is 22.8 Å². The van der Waals surface area contributed by atoms with Crippen molar-refractivity contribution >= 4 is 35.1 Å². The van der Waals surface area contributed by atoms with E-state index >= 15 is 0 Å². The van der Waals surface area contributed by atoms with Crippen LogP contribution in [0.3, 0.4) is 0 Å². The van der Waals surface area contributed by atoms with Crippen molar-refractivity contribution in [3.8, 4) is 0 Å². The van der Waals surface area contributed by atoms with Crippen LogP contribution in [0.25, 0.3) is 11.0 Å². The lowest BCUT2D eigenvalue weighted by Crippen LogP contribution is -2.14. The highest BCUT2D eigenvalue weighted by Gasteiger charge is 2.17. The fraction of sp³-hybridized carbons (Fsp3) is 0.308. The Bertz CT molecular complexity index is 626. The zero-order valence-electron chi connectivity index (χ0n) is 11.4. The van der Waals surface area contributed by atoms with Crippen LogP contribution >= 0.6 is 11.8 Å². The monoisotopic (exact) mass is 326 g/mol. The maximum Gasteiger partial charge on any atom is 0.506 e. The van der Waals surface area contributed by atoms with E-state index < -0.39 is 17.7 Å². The van der Waals surface area contributed by atoms with Gasteiger partial charge < -0.3 is 24.7 Å². The van der Waals surface area contributed by atoms with Crippen molar-refractivity contribution < 1.29 is 29.3 Å². The molecule has 0 aliphatic heterocycles. The Kier molecular flexibility index (Phi) is 5.48. The predicted molar refractivity (Wildman–Crippen MR) is 78.1 cm³/mol. The van der Waals surface area contributed by atoms with Crippen LogP contribution in [0.5, 0.6) is 0 Å². The number of aromatic amines is 1. The molecule has 0 aliphatic carbocycles. The molecular weight excluding hydrogens is 312 g/mol. The van der Waals surface area contributed by atoms with Crippen molar-refractivity contribution in [2.45, 2.75) is 23.4 Å². The van der Waals surface area contributed by atoms with E-state index in [4.69, 9.17) is 14.9 Å². The molecule has 1 atom stereocenters. The Morgan fingerprint density at radius 1 is 1.27 bits per heavy atom. The molecule has 0 spiro atoms. The summed E-state index contributed by atoms with van der Waals surface area (Å²) < 4.78 is 9.15. The molecule has 118 valence electrons. The average Bonchev–Trinajstić information content (AvgIpc) is 2.84. The van der Waals surface area contributed by atoms with Gasteiger partial charge in [-0.15, -0.1) is 0 Å². The lowest BCUT2D eigenvalue weighted by Gasteiger charge is -2.13. The minimum atomic E-state index is -1.40. The molecule has 0 aliphatic rings. The summed E-state index contributed by atoms with van der Waals surface area (Å²) in [5, 5.41) is 17.7. The fourth-order valence-corrected chi connectivity index (χ4v) is 2.76.